The molecule has 0 bridgehead atoms. The Morgan fingerprint density at radius 2 is 1.97 bits per heavy atom. The van der Waals surface area contributed by atoms with Crippen molar-refractivity contribution in [2.75, 3.05) is 6.61 Å². The molecule has 6 nitrogen and oxygen atoms in total. The number of aliphatic hydroxyl groups excluding tert-OH is 1. The standard InChI is InChI=1S/C22H22ClIN4O2/c23-14-3-6-16-18(11-14)26(9-1-2-10-29)20(21(16)24)13-27-19-12-25-8-7-17(19)28(22(27)30)15-4-5-15/h3,6-8,11-12,15,29H,1-2,4-5,9-10,13H2. The number of unbranched alkanes of at least 4 members (excludes halogenated alkanes) is 1. The zero-order valence-corrected chi connectivity index (χ0v) is 19.3. The van der Waals surface area contributed by atoms with Gasteiger partial charge in [0.15, 0.2) is 0 Å². The Morgan fingerprint density at radius 1 is 1.13 bits per heavy atom. The van der Waals surface area contributed by atoms with Gasteiger partial charge in [-0.05, 0) is 66.5 Å². The topological polar surface area (TPSA) is 65.0 Å². The minimum Gasteiger partial charge on any atom is -0.396 e. The SMILES string of the molecule is O=c1n(Cc2c(I)c3ccc(Cl)cc3n2CCCCO)c2cnccc2n1C1CC1. The Kier molecular flexibility index (Phi) is 5.37. The molecule has 1 N–H and O–H groups in total. The molecule has 30 heavy (non-hydrogen) atoms. The van der Waals surface area contributed by atoms with Crippen LogP contribution >= 0.6 is 34.2 Å². The number of halogens is 2. The smallest absolute Gasteiger partial charge is 0.329 e. The van der Waals surface area contributed by atoms with E-state index in [1.54, 1.807) is 12.4 Å². The minimum atomic E-state index is 0.0292. The summed E-state index contributed by atoms with van der Waals surface area (Å²) in [7, 11) is 0. The van der Waals surface area contributed by atoms with Crippen molar-refractivity contribution < 1.29 is 5.11 Å². The largest absolute Gasteiger partial charge is 0.396 e. The van der Waals surface area contributed by atoms with Gasteiger partial charge >= 0.3 is 5.69 Å². The molecule has 0 atom stereocenters. The fraction of sp³-hybridized carbons (Fsp3) is 0.364. The van der Waals surface area contributed by atoms with Gasteiger partial charge in [-0.1, -0.05) is 17.7 Å². The van der Waals surface area contributed by atoms with E-state index >= 15 is 0 Å². The highest BCUT2D eigenvalue weighted by atomic mass is 127. The molecule has 8 heteroatoms. The third-order valence-electron chi connectivity index (χ3n) is 5.84. The van der Waals surface area contributed by atoms with Crippen molar-refractivity contribution in [2.24, 2.45) is 0 Å². The third-order valence-corrected chi connectivity index (χ3v) is 7.28. The molecule has 3 aromatic heterocycles. The molecule has 0 radical (unpaired) electrons. The van der Waals surface area contributed by atoms with E-state index in [1.165, 1.54) is 0 Å². The summed E-state index contributed by atoms with van der Waals surface area (Å²) in [6.45, 7) is 1.42. The molecule has 1 aromatic carbocycles. The van der Waals surface area contributed by atoms with Gasteiger partial charge in [-0.15, -0.1) is 0 Å². The zero-order valence-electron chi connectivity index (χ0n) is 16.4. The summed E-state index contributed by atoms with van der Waals surface area (Å²) in [6.07, 6.45) is 7.25. The van der Waals surface area contributed by atoms with Gasteiger partial charge in [0, 0.05) is 39.4 Å². The van der Waals surface area contributed by atoms with E-state index in [0.717, 1.165) is 63.4 Å². The lowest BCUT2D eigenvalue weighted by molar-refractivity contribution is 0.281. The predicted molar refractivity (Wildman–Crippen MR) is 127 cm³/mol. The van der Waals surface area contributed by atoms with Crippen LogP contribution in [-0.2, 0) is 13.1 Å². The number of hydrogen-bond donors (Lipinski definition) is 1. The molecule has 0 amide bonds. The Balaban J connectivity index is 1.67. The van der Waals surface area contributed by atoms with Gasteiger partial charge in [0.25, 0.3) is 0 Å². The van der Waals surface area contributed by atoms with Gasteiger partial charge in [-0.2, -0.15) is 0 Å². The quantitative estimate of drug-likeness (QED) is 0.278. The van der Waals surface area contributed by atoms with Crippen molar-refractivity contribution in [3.63, 3.8) is 0 Å². The predicted octanol–water partition coefficient (Wildman–Crippen LogP) is 4.57. The average molecular weight is 537 g/mol. The van der Waals surface area contributed by atoms with E-state index in [0.29, 0.717) is 17.6 Å². The van der Waals surface area contributed by atoms with Crippen LogP contribution in [0.2, 0.25) is 5.02 Å². The van der Waals surface area contributed by atoms with E-state index in [9.17, 15) is 9.90 Å². The number of rotatable bonds is 7. The van der Waals surface area contributed by atoms with Crippen molar-refractivity contribution in [1.29, 1.82) is 0 Å². The maximum atomic E-state index is 13.4. The van der Waals surface area contributed by atoms with E-state index in [1.807, 2.05) is 33.4 Å². The lowest BCUT2D eigenvalue weighted by atomic mass is 10.2. The van der Waals surface area contributed by atoms with Crippen molar-refractivity contribution in [3.05, 3.63) is 61.4 Å². The van der Waals surface area contributed by atoms with Gasteiger partial charge in [-0.3, -0.25) is 14.1 Å². The number of imidazole rings is 1. The number of aromatic nitrogens is 4. The fourth-order valence-corrected chi connectivity index (χ4v) is 5.32. The zero-order chi connectivity index (χ0) is 20.8. The van der Waals surface area contributed by atoms with Gasteiger partial charge in [0.2, 0.25) is 0 Å². The minimum absolute atomic E-state index is 0.0292. The van der Waals surface area contributed by atoms with Crippen LogP contribution < -0.4 is 5.69 Å². The second kappa shape index (κ2) is 8.01. The third kappa shape index (κ3) is 3.36. The van der Waals surface area contributed by atoms with E-state index in [-0.39, 0.29) is 12.3 Å². The molecule has 1 saturated carbocycles. The lowest BCUT2D eigenvalue weighted by Crippen LogP contribution is -2.25. The first kappa shape index (κ1) is 20.1. The number of benzene rings is 1. The molecule has 0 spiro atoms. The Labute approximate surface area is 192 Å². The van der Waals surface area contributed by atoms with Crippen LogP contribution in [0.15, 0.2) is 41.5 Å². The summed E-state index contributed by atoms with van der Waals surface area (Å²) >= 11 is 8.68. The molecule has 3 heterocycles. The Bertz CT molecular complexity index is 1300. The summed E-state index contributed by atoms with van der Waals surface area (Å²) in [5, 5.41) is 11.1. The number of aliphatic hydroxyl groups is 1. The molecule has 1 aliphatic rings. The summed E-state index contributed by atoms with van der Waals surface area (Å²) in [6, 6.07) is 8.18. The van der Waals surface area contributed by atoms with Crippen LogP contribution in [0, 0.1) is 3.57 Å². The van der Waals surface area contributed by atoms with Crippen LogP contribution in [0.3, 0.4) is 0 Å². The summed E-state index contributed by atoms with van der Waals surface area (Å²) in [5.74, 6) is 0. The highest BCUT2D eigenvalue weighted by Crippen LogP contribution is 2.36. The second-order valence-corrected chi connectivity index (χ2v) is 9.35. The summed E-state index contributed by atoms with van der Waals surface area (Å²) < 4.78 is 7.16. The van der Waals surface area contributed by atoms with Gasteiger partial charge in [0.1, 0.15) is 0 Å². The highest BCUT2D eigenvalue weighted by molar-refractivity contribution is 14.1. The molecule has 1 aliphatic carbocycles. The first-order chi connectivity index (χ1) is 14.6. The first-order valence-corrected chi connectivity index (χ1v) is 11.7. The van der Waals surface area contributed by atoms with Gasteiger partial charge in [0.05, 0.1) is 35.0 Å². The molecule has 1 fully saturated rings. The summed E-state index contributed by atoms with van der Waals surface area (Å²) in [5.41, 5.74) is 4.01. The number of nitrogens with zero attached hydrogens (tertiary/aromatic N) is 4. The van der Waals surface area contributed by atoms with Crippen LogP contribution in [0.25, 0.3) is 21.9 Å². The number of hydrogen-bond acceptors (Lipinski definition) is 3. The van der Waals surface area contributed by atoms with Crippen molar-refractivity contribution in [2.45, 2.75) is 44.8 Å². The second-order valence-electron chi connectivity index (χ2n) is 7.84. The maximum Gasteiger partial charge on any atom is 0.329 e. The molecular formula is C22H22ClIN4O2. The Hall–Kier alpha value is -1.84. The van der Waals surface area contributed by atoms with Gasteiger partial charge < -0.3 is 9.67 Å². The van der Waals surface area contributed by atoms with Crippen LogP contribution in [-0.4, -0.2) is 30.4 Å². The lowest BCUT2D eigenvalue weighted by Gasteiger charge is -2.12. The van der Waals surface area contributed by atoms with E-state index < -0.39 is 0 Å². The molecule has 0 unspecified atom stereocenters. The monoisotopic (exact) mass is 536 g/mol. The van der Waals surface area contributed by atoms with Gasteiger partial charge in [-0.25, -0.2) is 4.79 Å². The Morgan fingerprint density at radius 3 is 2.73 bits per heavy atom. The normalized spacial score (nSPS) is 14.2. The molecular weight excluding hydrogens is 515 g/mol. The maximum absolute atomic E-state index is 13.4. The number of pyridine rings is 1. The van der Waals surface area contributed by atoms with Crippen LogP contribution in [0.1, 0.15) is 37.4 Å². The van der Waals surface area contributed by atoms with Crippen LogP contribution in [0.4, 0.5) is 0 Å². The van der Waals surface area contributed by atoms with Crippen molar-refractivity contribution >= 4 is 56.1 Å². The molecule has 4 aromatic rings. The van der Waals surface area contributed by atoms with E-state index in [2.05, 4.69) is 32.1 Å². The average Bonchev–Trinajstić information content (AvgIpc) is 3.49. The summed E-state index contributed by atoms with van der Waals surface area (Å²) in [4.78, 5) is 17.6. The van der Waals surface area contributed by atoms with Crippen LogP contribution in [0.5, 0.6) is 0 Å². The molecule has 0 saturated heterocycles. The fourth-order valence-electron chi connectivity index (χ4n) is 4.24. The number of fused-ring (bicyclic) bond motifs is 2. The number of aryl methyl sites for hydroxylation is 1. The van der Waals surface area contributed by atoms with Crippen molar-refractivity contribution in [3.8, 4) is 0 Å². The molecule has 156 valence electrons. The molecule has 5 rings (SSSR count). The van der Waals surface area contributed by atoms with E-state index in [4.69, 9.17) is 11.6 Å². The highest BCUT2D eigenvalue weighted by Gasteiger charge is 2.29. The molecule has 0 aliphatic heterocycles. The first-order valence-electron chi connectivity index (χ1n) is 10.2. The van der Waals surface area contributed by atoms with Crippen molar-refractivity contribution in [1.82, 2.24) is 18.7 Å².